The Labute approximate surface area is 203 Å². The van der Waals surface area contributed by atoms with Crippen molar-refractivity contribution in [3.05, 3.63) is 75.3 Å². The maximum Gasteiger partial charge on any atom is 0.266 e. The Morgan fingerprint density at radius 1 is 1.21 bits per heavy atom. The molecule has 0 saturated carbocycles. The van der Waals surface area contributed by atoms with Gasteiger partial charge in [-0.15, -0.1) is 11.3 Å². The van der Waals surface area contributed by atoms with Gasteiger partial charge >= 0.3 is 0 Å². The van der Waals surface area contributed by atoms with Gasteiger partial charge in [-0.1, -0.05) is 17.7 Å². The molecule has 0 aliphatic heterocycles. The Kier molecular flexibility index (Phi) is 7.17. The number of benzene rings is 2. The number of sulfonamides is 1. The Hall–Kier alpha value is -2.60. The zero-order valence-electron chi connectivity index (χ0n) is 17.5. The summed E-state index contributed by atoms with van der Waals surface area (Å²) < 4.78 is 75.4. The molecule has 0 spiro atoms. The monoisotopic (exact) mass is 529 g/mol. The van der Waals surface area contributed by atoms with E-state index in [4.69, 9.17) is 22.1 Å². The number of ether oxygens (including phenoxy) is 1. The predicted molar refractivity (Wildman–Crippen MR) is 125 cm³/mol. The molecule has 6 nitrogen and oxygen atoms in total. The van der Waals surface area contributed by atoms with Crippen LogP contribution in [0.4, 0.5) is 19.0 Å². The summed E-state index contributed by atoms with van der Waals surface area (Å²) in [5, 5.41) is 1.32. The standard InChI is InChI=1S/C22H19ClF3N3O3S2/c23-16-7-21(34(30,31)29-22-10-33-11-28-22)18(26)8-20(16)32-9-15-13(2-1-3-19(15)27)14-5-4-12(24)6-17(14)25/h2,4-8,10-11,15,19,29H,1,3,9,27H2. The summed E-state index contributed by atoms with van der Waals surface area (Å²) in [6, 6.07) is 4.70. The molecular formula is C22H19ClF3N3O3S2. The number of allylic oxidation sites excluding steroid dienone is 1. The van der Waals surface area contributed by atoms with Crippen molar-refractivity contribution in [1.82, 2.24) is 4.98 Å². The van der Waals surface area contributed by atoms with E-state index in [0.29, 0.717) is 18.4 Å². The zero-order valence-corrected chi connectivity index (χ0v) is 19.9. The summed E-state index contributed by atoms with van der Waals surface area (Å²) in [6.07, 6.45) is 3.04. The molecule has 2 unspecified atom stereocenters. The maximum absolute atomic E-state index is 14.7. The van der Waals surface area contributed by atoms with Crippen molar-refractivity contribution in [2.75, 3.05) is 11.3 Å². The van der Waals surface area contributed by atoms with E-state index in [1.807, 2.05) is 6.08 Å². The first-order valence-electron chi connectivity index (χ1n) is 10.1. The van der Waals surface area contributed by atoms with E-state index >= 15 is 0 Å². The maximum atomic E-state index is 14.7. The van der Waals surface area contributed by atoms with Gasteiger partial charge in [-0.05, 0) is 36.6 Å². The van der Waals surface area contributed by atoms with Gasteiger partial charge in [0.2, 0.25) is 0 Å². The molecule has 1 heterocycles. The van der Waals surface area contributed by atoms with Crippen LogP contribution in [0.15, 0.2) is 52.2 Å². The number of anilines is 1. The summed E-state index contributed by atoms with van der Waals surface area (Å²) in [5.41, 5.74) is 8.43. The number of hydrogen-bond donors (Lipinski definition) is 2. The lowest BCUT2D eigenvalue weighted by Gasteiger charge is -2.30. The van der Waals surface area contributed by atoms with Crippen LogP contribution in [-0.2, 0) is 10.0 Å². The molecule has 1 aromatic heterocycles. The number of rotatable bonds is 7. The topological polar surface area (TPSA) is 94.3 Å². The lowest BCUT2D eigenvalue weighted by atomic mass is 9.80. The fraction of sp³-hybridized carbons (Fsp3) is 0.227. The van der Waals surface area contributed by atoms with Crippen molar-refractivity contribution < 1.29 is 26.3 Å². The Morgan fingerprint density at radius 2 is 2.00 bits per heavy atom. The second-order valence-electron chi connectivity index (χ2n) is 7.63. The number of nitrogens with zero attached hydrogens (tertiary/aromatic N) is 1. The molecule has 2 atom stereocenters. The molecule has 4 rings (SSSR count). The highest BCUT2D eigenvalue weighted by Gasteiger charge is 2.29. The van der Waals surface area contributed by atoms with E-state index in [1.54, 1.807) is 0 Å². The van der Waals surface area contributed by atoms with Gasteiger partial charge in [-0.2, -0.15) is 0 Å². The van der Waals surface area contributed by atoms with Crippen LogP contribution in [0, 0.1) is 23.4 Å². The van der Waals surface area contributed by atoms with Gasteiger partial charge < -0.3 is 10.5 Å². The Balaban J connectivity index is 1.56. The molecule has 0 radical (unpaired) electrons. The van der Waals surface area contributed by atoms with Gasteiger partial charge in [0.05, 0.1) is 17.1 Å². The van der Waals surface area contributed by atoms with Gasteiger partial charge in [0.15, 0.2) is 5.82 Å². The molecule has 0 fully saturated rings. The molecule has 3 N–H and O–H groups in total. The van der Waals surface area contributed by atoms with Crippen molar-refractivity contribution in [2.24, 2.45) is 11.7 Å². The lowest BCUT2D eigenvalue weighted by Crippen LogP contribution is -2.37. The van der Waals surface area contributed by atoms with Crippen LogP contribution < -0.4 is 15.2 Å². The minimum absolute atomic E-state index is 0.0551. The highest BCUT2D eigenvalue weighted by molar-refractivity contribution is 7.92. The number of thiazole rings is 1. The molecule has 1 aliphatic rings. The first-order valence-corrected chi connectivity index (χ1v) is 12.9. The predicted octanol–water partition coefficient (Wildman–Crippen LogP) is 5.21. The van der Waals surface area contributed by atoms with E-state index in [2.05, 4.69) is 9.71 Å². The first kappa shape index (κ1) is 24.5. The average Bonchev–Trinajstić information content (AvgIpc) is 3.27. The summed E-state index contributed by atoms with van der Waals surface area (Å²) in [6.45, 7) is -0.0772. The van der Waals surface area contributed by atoms with Crippen LogP contribution in [0.2, 0.25) is 5.02 Å². The SMILES string of the molecule is NC1CCC=C(c2ccc(F)cc2F)C1COc1cc(F)c(S(=O)(=O)Nc2cscn2)cc1Cl. The van der Waals surface area contributed by atoms with Crippen molar-refractivity contribution in [2.45, 2.75) is 23.8 Å². The van der Waals surface area contributed by atoms with Crippen molar-refractivity contribution in [3.63, 3.8) is 0 Å². The summed E-state index contributed by atoms with van der Waals surface area (Å²) >= 11 is 7.37. The Bertz CT molecular complexity index is 1330. The molecule has 0 amide bonds. The van der Waals surface area contributed by atoms with Crippen LogP contribution in [0.1, 0.15) is 18.4 Å². The Morgan fingerprint density at radius 3 is 2.71 bits per heavy atom. The molecule has 180 valence electrons. The highest BCUT2D eigenvalue weighted by Crippen LogP contribution is 2.36. The second kappa shape index (κ2) is 9.95. The number of nitrogens with one attached hydrogen (secondary N) is 1. The second-order valence-corrected chi connectivity index (χ2v) is 10.4. The van der Waals surface area contributed by atoms with E-state index in [9.17, 15) is 21.6 Å². The van der Waals surface area contributed by atoms with E-state index < -0.39 is 44.3 Å². The number of hydrogen-bond acceptors (Lipinski definition) is 6. The third-order valence-electron chi connectivity index (χ3n) is 5.39. The van der Waals surface area contributed by atoms with Gasteiger partial charge in [0.25, 0.3) is 10.0 Å². The number of aromatic nitrogens is 1. The third-order valence-corrected chi connectivity index (χ3v) is 7.64. The largest absolute Gasteiger partial charge is 0.491 e. The fourth-order valence-electron chi connectivity index (χ4n) is 3.72. The summed E-state index contributed by atoms with van der Waals surface area (Å²) in [4.78, 5) is 3.15. The zero-order chi connectivity index (χ0) is 24.5. The third kappa shape index (κ3) is 5.22. The normalized spacial score (nSPS) is 18.4. The van der Waals surface area contributed by atoms with Crippen LogP contribution in [0.5, 0.6) is 5.75 Å². The smallest absolute Gasteiger partial charge is 0.266 e. The van der Waals surface area contributed by atoms with Crippen molar-refractivity contribution >= 4 is 44.4 Å². The van der Waals surface area contributed by atoms with Crippen LogP contribution >= 0.6 is 22.9 Å². The minimum Gasteiger partial charge on any atom is -0.491 e. The van der Waals surface area contributed by atoms with Crippen molar-refractivity contribution in [3.8, 4) is 5.75 Å². The molecule has 2 aromatic carbocycles. The van der Waals surface area contributed by atoms with Crippen molar-refractivity contribution in [1.29, 1.82) is 0 Å². The quantitative estimate of drug-likeness (QED) is 0.438. The first-order chi connectivity index (χ1) is 16.2. The molecule has 34 heavy (non-hydrogen) atoms. The molecule has 1 aliphatic carbocycles. The van der Waals surface area contributed by atoms with Crippen LogP contribution in [0.25, 0.3) is 5.57 Å². The van der Waals surface area contributed by atoms with Gasteiger partial charge in [-0.25, -0.2) is 26.6 Å². The van der Waals surface area contributed by atoms with Gasteiger partial charge in [-0.3, -0.25) is 4.72 Å². The molecular weight excluding hydrogens is 511 g/mol. The summed E-state index contributed by atoms with van der Waals surface area (Å²) in [5.74, 6) is -3.02. The number of halogens is 4. The highest BCUT2D eigenvalue weighted by atomic mass is 35.5. The summed E-state index contributed by atoms with van der Waals surface area (Å²) in [7, 11) is -4.27. The van der Waals surface area contributed by atoms with Gasteiger partial charge in [0.1, 0.15) is 28.1 Å². The fourth-order valence-corrected chi connectivity index (χ4v) is 5.65. The van der Waals surface area contributed by atoms with E-state index in [0.717, 1.165) is 24.3 Å². The van der Waals surface area contributed by atoms with Gasteiger partial charge in [0, 0.05) is 35.0 Å². The average molecular weight is 530 g/mol. The van der Waals surface area contributed by atoms with Crippen LogP contribution in [-0.4, -0.2) is 26.1 Å². The molecule has 3 aromatic rings. The van der Waals surface area contributed by atoms with E-state index in [1.165, 1.54) is 28.3 Å². The molecule has 0 saturated heterocycles. The van der Waals surface area contributed by atoms with E-state index in [-0.39, 0.29) is 28.8 Å². The minimum atomic E-state index is -4.27. The lowest BCUT2D eigenvalue weighted by molar-refractivity contribution is 0.252. The van der Waals surface area contributed by atoms with Crippen LogP contribution in [0.3, 0.4) is 0 Å². The number of nitrogens with two attached hydrogens (primary N) is 1. The molecule has 12 heteroatoms. The molecule has 0 bridgehead atoms.